The Morgan fingerprint density at radius 3 is 2.43 bits per heavy atom. The number of hydrogen-bond acceptors (Lipinski definition) is 5. The van der Waals surface area contributed by atoms with Crippen LogP contribution in [0.2, 0.25) is 0 Å². The monoisotopic (exact) mass is 493 g/mol. The molecular weight excluding hydrogens is 462 g/mol. The van der Waals surface area contributed by atoms with Crippen LogP contribution in [0.1, 0.15) is 35.4 Å². The molecular formula is C27H31N3O4S. The number of carbonyl (C=O) groups excluding carboxylic acids is 1. The summed E-state index contributed by atoms with van der Waals surface area (Å²) in [5.41, 5.74) is 1.90. The minimum Gasteiger partial charge on any atom is -0.496 e. The van der Waals surface area contributed by atoms with E-state index in [1.807, 2.05) is 53.4 Å². The van der Waals surface area contributed by atoms with Gasteiger partial charge in [-0.3, -0.25) is 4.79 Å². The van der Waals surface area contributed by atoms with Gasteiger partial charge in [0.1, 0.15) is 5.75 Å². The lowest BCUT2D eigenvalue weighted by Gasteiger charge is -2.39. The average molecular weight is 494 g/mol. The van der Waals surface area contributed by atoms with Crippen molar-refractivity contribution in [3.05, 3.63) is 59.9 Å². The molecule has 3 aromatic rings. The molecule has 0 atom stereocenters. The van der Waals surface area contributed by atoms with Crippen LogP contribution in [-0.2, 0) is 6.54 Å². The first-order valence-corrected chi connectivity index (χ1v) is 12.4. The number of carbonyl (C=O) groups is 1. The molecule has 0 radical (unpaired) electrons. The molecule has 35 heavy (non-hydrogen) atoms. The Hall–Kier alpha value is -3.26. The number of ether oxygens (including phenoxy) is 2. The predicted octanol–water partition coefficient (Wildman–Crippen LogP) is 4.45. The third kappa shape index (κ3) is 4.67. The van der Waals surface area contributed by atoms with Crippen LogP contribution in [0.15, 0.2) is 52.9 Å². The van der Waals surface area contributed by atoms with Crippen LogP contribution in [-0.4, -0.2) is 61.2 Å². The van der Waals surface area contributed by atoms with Crippen LogP contribution in [0.4, 0.5) is 0 Å². The number of methoxy groups -OCH3 is 2. The van der Waals surface area contributed by atoms with Crippen LogP contribution < -0.4 is 14.8 Å². The van der Waals surface area contributed by atoms with Gasteiger partial charge in [-0.2, -0.15) is 0 Å². The highest BCUT2D eigenvalue weighted by Gasteiger charge is 2.42. The molecule has 7 nitrogen and oxygen atoms in total. The molecule has 0 aliphatic carbocycles. The van der Waals surface area contributed by atoms with E-state index in [1.54, 1.807) is 14.2 Å². The number of nitrogens with one attached hydrogen (secondary N) is 1. The summed E-state index contributed by atoms with van der Waals surface area (Å²) in [6.07, 6.45) is 3.02. The van der Waals surface area contributed by atoms with Crippen molar-refractivity contribution in [2.75, 3.05) is 40.4 Å². The molecule has 2 fully saturated rings. The number of benzene rings is 2. The van der Waals surface area contributed by atoms with Gasteiger partial charge >= 0.3 is 0 Å². The first-order valence-electron chi connectivity index (χ1n) is 12.0. The molecule has 5 rings (SSSR count). The maximum Gasteiger partial charge on any atom is 0.289 e. The molecule has 1 amide bonds. The van der Waals surface area contributed by atoms with Crippen molar-refractivity contribution in [1.82, 2.24) is 15.1 Å². The Labute approximate surface area is 211 Å². The second-order valence-corrected chi connectivity index (χ2v) is 9.81. The van der Waals surface area contributed by atoms with Crippen molar-refractivity contribution in [3.8, 4) is 11.5 Å². The van der Waals surface area contributed by atoms with E-state index in [2.05, 4.69) is 10.2 Å². The third-order valence-electron chi connectivity index (χ3n) is 7.40. The van der Waals surface area contributed by atoms with Gasteiger partial charge in [0.2, 0.25) is 0 Å². The van der Waals surface area contributed by atoms with Crippen molar-refractivity contribution in [2.45, 2.75) is 25.8 Å². The second kappa shape index (κ2) is 9.77. The van der Waals surface area contributed by atoms with Crippen molar-refractivity contribution in [3.63, 3.8) is 0 Å². The Kier molecular flexibility index (Phi) is 6.56. The van der Waals surface area contributed by atoms with E-state index in [0.717, 1.165) is 67.3 Å². The minimum absolute atomic E-state index is 0.0537. The molecule has 8 heteroatoms. The Morgan fingerprint density at radius 2 is 1.69 bits per heavy atom. The molecule has 2 aromatic carbocycles. The molecule has 0 saturated carbocycles. The maximum atomic E-state index is 13.2. The first kappa shape index (κ1) is 23.5. The number of likely N-dealkylation sites (tertiary alicyclic amines) is 2. The summed E-state index contributed by atoms with van der Waals surface area (Å²) in [4.78, 5) is 17.3. The lowest BCUT2D eigenvalue weighted by Crippen LogP contribution is -2.45. The normalized spacial score (nSPS) is 17.1. The van der Waals surface area contributed by atoms with Gasteiger partial charge in [-0.15, -0.1) is 0 Å². The molecule has 2 saturated heterocycles. The number of fused-ring (bicyclic) bond motifs is 1. The van der Waals surface area contributed by atoms with Crippen LogP contribution >= 0.6 is 12.2 Å². The average Bonchev–Trinajstić information content (AvgIpc) is 3.52. The molecule has 184 valence electrons. The third-order valence-corrected chi connectivity index (χ3v) is 7.80. The molecule has 1 spiro atoms. The standard InChI is InChI=1S/C27H31N3O4S/c1-32-21-8-4-3-6-20(21)17-28-26(35)30-15-12-27(18-30)10-13-29(14-11-27)25(31)23-16-19-7-5-9-22(33-2)24(19)34-23/h3-9,16H,10-15,17-18H2,1-2H3,(H,28,35). The van der Waals surface area contributed by atoms with Crippen molar-refractivity contribution in [1.29, 1.82) is 0 Å². The van der Waals surface area contributed by atoms with E-state index in [-0.39, 0.29) is 11.3 Å². The van der Waals surface area contributed by atoms with Crippen LogP contribution in [0.3, 0.4) is 0 Å². The predicted molar refractivity (Wildman–Crippen MR) is 139 cm³/mol. The van der Waals surface area contributed by atoms with E-state index in [0.29, 0.717) is 23.6 Å². The van der Waals surface area contributed by atoms with Gasteiger partial charge in [-0.1, -0.05) is 30.3 Å². The molecule has 2 aliphatic heterocycles. The van der Waals surface area contributed by atoms with Crippen LogP contribution in [0, 0.1) is 5.41 Å². The number of rotatable bonds is 5. The van der Waals surface area contributed by atoms with Gasteiger partial charge in [0, 0.05) is 43.7 Å². The Bertz CT molecular complexity index is 1230. The highest BCUT2D eigenvalue weighted by atomic mass is 32.1. The summed E-state index contributed by atoms with van der Waals surface area (Å²) >= 11 is 5.71. The van der Waals surface area contributed by atoms with Gasteiger partial charge in [-0.05, 0) is 55.1 Å². The van der Waals surface area contributed by atoms with Crippen LogP contribution in [0.25, 0.3) is 11.0 Å². The topological polar surface area (TPSA) is 67.2 Å². The zero-order chi connectivity index (χ0) is 24.4. The van der Waals surface area contributed by atoms with Gasteiger partial charge < -0.3 is 29.0 Å². The van der Waals surface area contributed by atoms with Gasteiger partial charge in [0.05, 0.1) is 14.2 Å². The van der Waals surface area contributed by atoms with E-state index in [4.69, 9.17) is 26.1 Å². The SMILES string of the molecule is COc1ccccc1CNC(=S)N1CCC2(CCN(C(=O)c3cc4cccc(OC)c4o3)CC2)C1. The van der Waals surface area contributed by atoms with Crippen molar-refractivity contribution in [2.24, 2.45) is 5.41 Å². The molecule has 0 bridgehead atoms. The summed E-state index contributed by atoms with van der Waals surface area (Å²) in [5, 5.41) is 5.06. The summed E-state index contributed by atoms with van der Waals surface area (Å²) in [6.45, 7) is 3.95. The Balaban J connectivity index is 1.16. The van der Waals surface area contributed by atoms with Crippen LogP contribution in [0.5, 0.6) is 11.5 Å². The van der Waals surface area contributed by atoms with Crippen molar-refractivity contribution >= 4 is 34.2 Å². The van der Waals surface area contributed by atoms with E-state index >= 15 is 0 Å². The maximum absolute atomic E-state index is 13.2. The number of nitrogens with zero attached hydrogens (tertiary/aromatic N) is 2. The van der Waals surface area contributed by atoms with Gasteiger partial charge in [-0.25, -0.2) is 0 Å². The summed E-state index contributed by atoms with van der Waals surface area (Å²) in [6, 6.07) is 15.5. The molecule has 0 unspecified atom stereocenters. The number of amides is 1. The summed E-state index contributed by atoms with van der Waals surface area (Å²) in [5.74, 6) is 1.82. The molecule has 1 aromatic heterocycles. The zero-order valence-corrected chi connectivity index (χ0v) is 21.0. The fraction of sp³-hybridized carbons (Fsp3) is 0.407. The number of hydrogen-bond donors (Lipinski definition) is 1. The number of para-hydroxylation sites is 2. The van der Waals surface area contributed by atoms with E-state index < -0.39 is 0 Å². The number of piperidine rings is 1. The second-order valence-electron chi connectivity index (χ2n) is 9.42. The van der Waals surface area contributed by atoms with E-state index in [1.165, 1.54) is 0 Å². The smallest absolute Gasteiger partial charge is 0.289 e. The minimum atomic E-state index is -0.0537. The number of thiocarbonyl (C=S) groups is 1. The zero-order valence-electron chi connectivity index (χ0n) is 20.2. The molecule has 1 N–H and O–H groups in total. The summed E-state index contributed by atoms with van der Waals surface area (Å²) in [7, 11) is 3.29. The van der Waals surface area contributed by atoms with Gasteiger partial charge in [0.15, 0.2) is 22.2 Å². The lowest BCUT2D eigenvalue weighted by atomic mass is 9.78. The van der Waals surface area contributed by atoms with E-state index in [9.17, 15) is 4.79 Å². The Morgan fingerprint density at radius 1 is 1.00 bits per heavy atom. The fourth-order valence-corrected chi connectivity index (χ4v) is 5.52. The van der Waals surface area contributed by atoms with Gasteiger partial charge in [0.25, 0.3) is 5.91 Å². The lowest BCUT2D eigenvalue weighted by molar-refractivity contribution is 0.0570. The largest absolute Gasteiger partial charge is 0.496 e. The fourth-order valence-electron chi connectivity index (χ4n) is 5.29. The molecule has 2 aliphatic rings. The summed E-state index contributed by atoms with van der Waals surface area (Å²) < 4.78 is 16.7. The quantitative estimate of drug-likeness (QED) is 0.527. The highest BCUT2D eigenvalue weighted by Crippen LogP contribution is 2.41. The first-order chi connectivity index (χ1) is 17.0. The van der Waals surface area contributed by atoms with Crippen molar-refractivity contribution < 1.29 is 18.7 Å². The molecule has 3 heterocycles. The highest BCUT2D eigenvalue weighted by molar-refractivity contribution is 7.80. The number of furan rings is 1.